The number of anilines is 1. The summed E-state index contributed by atoms with van der Waals surface area (Å²) in [4.78, 5) is 9.66. The van der Waals surface area contributed by atoms with E-state index in [9.17, 15) is 0 Å². The van der Waals surface area contributed by atoms with Gasteiger partial charge < -0.3 is 10.6 Å². The summed E-state index contributed by atoms with van der Waals surface area (Å²) in [6.07, 6.45) is 5.85. The van der Waals surface area contributed by atoms with Crippen LogP contribution in [0, 0.1) is 0 Å². The van der Waals surface area contributed by atoms with Crippen molar-refractivity contribution in [1.29, 1.82) is 0 Å². The standard InChI is InChI=1S/C14H20N4S/c15-14(19)13-9-11(4-5-16-13)18-8-7-17-6-2-1-3-12(17)10-18/h4-5,9,12H,1-3,6-8,10H2,(H2,15,19). The van der Waals surface area contributed by atoms with E-state index in [-0.39, 0.29) is 0 Å². The minimum atomic E-state index is 0.373. The van der Waals surface area contributed by atoms with Crippen molar-refractivity contribution < 1.29 is 0 Å². The van der Waals surface area contributed by atoms with E-state index < -0.39 is 0 Å². The Balaban J connectivity index is 1.75. The van der Waals surface area contributed by atoms with Crippen molar-refractivity contribution in [3.8, 4) is 0 Å². The van der Waals surface area contributed by atoms with Gasteiger partial charge in [0.05, 0.1) is 5.69 Å². The van der Waals surface area contributed by atoms with Crippen LogP contribution in [0.15, 0.2) is 18.3 Å². The van der Waals surface area contributed by atoms with Gasteiger partial charge in [0.2, 0.25) is 0 Å². The fourth-order valence-electron chi connectivity index (χ4n) is 3.14. The molecule has 1 aromatic rings. The summed E-state index contributed by atoms with van der Waals surface area (Å²) >= 11 is 5.00. The molecule has 4 nitrogen and oxygen atoms in total. The van der Waals surface area contributed by atoms with E-state index in [1.165, 1.54) is 31.5 Å². The Kier molecular flexibility index (Phi) is 3.66. The zero-order valence-corrected chi connectivity index (χ0v) is 11.9. The van der Waals surface area contributed by atoms with Crippen LogP contribution >= 0.6 is 12.2 Å². The fraction of sp³-hybridized carbons (Fsp3) is 0.571. The molecule has 0 amide bonds. The molecule has 0 aromatic carbocycles. The molecule has 5 heteroatoms. The van der Waals surface area contributed by atoms with Gasteiger partial charge in [-0.3, -0.25) is 9.88 Å². The minimum Gasteiger partial charge on any atom is -0.388 e. The number of pyridine rings is 1. The van der Waals surface area contributed by atoms with Crippen molar-refractivity contribution in [1.82, 2.24) is 9.88 Å². The molecule has 1 atom stereocenters. The van der Waals surface area contributed by atoms with Crippen LogP contribution in [0.3, 0.4) is 0 Å². The highest BCUT2D eigenvalue weighted by Crippen LogP contribution is 2.25. The fourth-order valence-corrected chi connectivity index (χ4v) is 3.25. The van der Waals surface area contributed by atoms with Gasteiger partial charge in [0.1, 0.15) is 4.99 Å². The van der Waals surface area contributed by atoms with E-state index in [0.717, 1.165) is 25.3 Å². The Morgan fingerprint density at radius 2 is 2.21 bits per heavy atom. The summed E-state index contributed by atoms with van der Waals surface area (Å²) in [6.45, 7) is 4.63. The van der Waals surface area contributed by atoms with Crippen molar-refractivity contribution in [3.63, 3.8) is 0 Å². The first-order chi connectivity index (χ1) is 9.24. The van der Waals surface area contributed by atoms with Gasteiger partial charge in [-0.05, 0) is 31.5 Å². The molecule has 2 aliphatic heterocycles. The van der Waals surface area contributed by atoms with Crippen LogP contribution in [-0.4, -0.2) is 47.1 Å². The number of nitrogens with two attached hydrogens (primary N) is 1. The number of aromatic nitrogens is 1. The predicted molar refractivity (Wildman–Crippen MR) is 81.5 cm³/mol. The quantitative estimate of drug-likeness (QED) is 0.827. The number of fused-ring (bicyclic) bond motifs is 1. The molecule has 2 aliphatic rings. The Bertz CT molecular complexity index is 476. The van der Waals surface area contributed by atoms with E-state index in [1.807, 2.05) is 6.07 Å². The van der Waals surface area contributed by atoms with E-state index >= 15 is 0 Å². The van der Waals surface area contributed by atoms with Crippen LogP contribution in [0.1, 0.15) is 25.0 Å². The van der Waals surface area contributed by atoms with Crippen LogP contribution in [0.4, 0.5) is 5.69 Å². The zero-order valence-electron chi connectivity index (χ0n) is 11.1. The van der Waals surface area contributed by atoms with Gasteiger partial charge in [0.15, 0.2) is 0 Å². The Morgan fingerprint density at radius 1 is 1.32 bits per heavy atom. The van der Waals surface area contributed by atoms with Crippen LogP contribution in [-0.2, 0) is 0 Å². The van der Waals surface area contributed by atoms with Gasteiger partial charge in [-0.1, -0.05) is 18.6 Å². The first kappa shape index (κ1) is 12.8. The van der Waals surface area contributed by atoms with E-state index in [4.69, 9.17) is 18.0 Å². The molecule has 0 aliphatic carbocycles. The van der Waals surface area contributed by atoms with Gasteiger partial charge in [-0.2, -0.15) is 0 Å². The smallest absolute Gasteiger partial charge is 0.122 e. The van der Waals surface area contributed by atoms with Crippen LogP contribution in [0.5, 0.6) is 0 Å². The van der Waals surface area contributed by atoms with E-state index in [2.05, 4.69) is 20.9 Å². The number of thiocarbonyl (C=S) groups is 1. The highest BCUT2D eigenvalue weighted by Gasteiger charge is 2.28. The maximum atomic E-state index is 5.66. The topological polar surface area (TPSA) is 45.4 Å². The van der Waals surface area contributed by atoms with Crippen molar-refractivity contribution in [3.05, 3.63) is 24.0 Å². The third-order valence-corrected chi connectivity index (χ3v) is 4.41. The van der Waals surface area contributed by atoms with Crippen molar-refractivity contribution in [2.45, 2.75) is 25.3 Å². The maximum Gasteiger partial charge on any atom is 0.122 e. The molecule has 2 N–H and O–H groups in total. The molecule has 2 saturated heterocycles. The lowest BCUT2D eigenvalue weighted by molar-refractivity contribution is 0.133. The average Bonchev–Trinajstić information content (AvgIpc) is 2.47. The predicted octanol–water partition coefficient (Wildman–Crippen LogP) is 1.39. The monoisotopic (exact) mass is 276 g/mol. The molecule has 3 rings (SSSR count). The SMILES string of the molecule is NC(=S)c1cc(N2CCN3CCCCC3C2)ccn1. The number of hydrogen-bond acceptors (Lipinski definition) is 4. The zero-order chi connectivity index (χ0) is 13.2. The molecular formula is C14H20N4S. The van der Waals surface area contributed by atoms with E-state index in [1.54, 1.807) is 6.20 Å². The molecule has 3 heterocycles. The Labute approximate surface area is 119 Å². The largest absolute Gasteiger partial charge is 0.388 e. The number of nitrogens with zero attached hydrogens (tertiary/aromatic N) is 3. The molecule has 19 heavy (non-hydrogen) atoms. The molecule has 0 saturated carbocycles. The van der Waals surface area contributed by atoms with Gasteiger partial charge in [0.25, 0.3) is 0 Å². The molecular weight excluding hydrogens is 256 g/mol. The lowest BCUT2D eigenvalue weighted by Gasteiger charge is -2.44. The molecule has 2 fully saturated rings. The Morgan fingerprint density at radius 3 is 3.05 bits per heavy atom. The molecule has 0 bridgehead atoms. The first-order valence-corrected chi connectivity index (χ1v) is 7.40. The van der Waals surface area contributed by atoms with Gasteiger partial charge in [0, 0.05) is 37.6 Å². The van der Waals surface area contributed by atoms with Crippen LogP contribution in [0.25, 0.3) is 0 Å². The lowest BCUT2D eigenvalue weighted by atomic mass is 9.99. The van der Waals surface area contributed by atoms with Crippen LogP contribution in [0.2, 0.25) is 0 Å². The molecule has 102 valence electrons. The summed E-state index contributed by atoms with van der Waals surface area (Å²) in [6, 6.07) is 4.78. The number of piperidine rings is 1. The summed E-state index contributed by atoms with van der Waals surface area (Å²) in [7, 11) is 0. The summed E-state index contributed by atoms with van der Waals surface area (Å²) in [5, 5.41) is 0. The summed E-state index contributed by atoms with van der Waals surface area (Å²) < 4.78 is 0. The Hall–Kier alpha value is -1.20. The molecule has 1 unspecified atom stereocenters. The van der Waals surface area contributed by atoms with Crippen molar-refractivity contribution in [2.24, 2.45) is 5.73 Å². The van der Waals surface area contributed by atoms with Gasteiger partial charge >= 0.3 is 0 Å². The number of piperazine rings is 1. The van der Waals surface area contributed by atoms with Gasteiger partial charge in [-0.25, -0.2) is 0 Å². The highest BCUT2D eigenvalue weighted by atomic mass is 32.1. The molecule has 1 aromatic heterocycles. The summed E-state index contributed by atoms with van der Waals surface area (Å²) in [5.41, 5.74) is 7.58. The van der Waals surface area contributed by atoms with Crippen LogP contribution < -0.4 is 10.6 Å². The second-order valence-electron chi connectivity index (χ2n) is 5.40. The highest BCUT2D eigenvalue weighted by molar-refractivity contribution is 7.80. The number of hydrogen-bond donors (Lipinski definition) is 1. The lowest BCUT2D eigenvalue weighted by Crippen LogP contribution is -2.54. The average molecular weight is 276 g/mol. The van der Waals surface area contributed by atoms with Crippen molar-refractivity contribution in [2.75, 3.05) is 31.1 Å². The normalized spacial score (nSPS) is 24.0. The first-order valence-electron chi connectivity index (χ1n) is 6.99. The second kappa shape index (κ2) is 5.43. The minimum absolute atomic E-state index is 0.373. The van der Waals surface area contributed by atoms with Crippen molar-refractivity contribution >= 4 is 22.9 Å². The second-order valence-corrected chi connectivity index (χ2v) is 5.83. The molecule has 0 radical (unpaired) electrons. The maximum absolute atomic E-state index is 5.66. The third kappa shape index (κ3) is 2.72. The summed E-state index contributed by atoms with van der Waals surface area (Å²) in [5.74, 6) is 0. The third-order valence-electron chi connectivity index (χ3n) is 4.20. The van der Waals surface area contributed by atoms with Gasteiger partial charge in [-0.15, -0.1) is 0 Å². The molecule has 0 spiro atoms. The van der Waals surface area contributed by atoms with E-state index in [0.29, 0.717) is 11.0 Å². The number of rotatable bonds is 2.